The van der Waals surface area contributed by atoms with E-state index in [2.05, 4.69) is 25.9 Å². The SMILES string of the molecule is CCC(C)C(NC(=O)C(N)CCC(=O)O)C(=O)NCC(=O)NC(Cc1cnc[nH]1)C(=O)O. The summed E-state index contributed by atoms with van der Waals surface area (Å²) in [5.41, 5.74) is 6.20. The third kappa shape index (κ3) is 9.12. The van der Waals surface area contributed by atoms with E-state index < -0.39 is 54.3 Å². The number of carboxylic acids is 2. The number of hydrogen-bond donors (Lipinski definition) is 7. The van der Waals surface area contributed by atoms with Gasteiger partial charge in [0.05, 0.1) is 18.9 Å². The smallest absolute Gasteiger partial charge is 0.326 e. The van der Waals surface area contributed by atoms with Crippen LogP contribution in [-0.4, -0.2) is 74.5 Å². The molecule has 178 valence electrons. The average Bonchev–Trinajstić information content (AvgIpc) is 3.25. The van der Waals surface area contributed by atoms with E-state index in [-0.39, 0.29) is 25.2 Å². The van der Waals surface area contributed by atoms with E-state index in [1.807, 2.05) is 0 Å². The molecule has 13 nitrogen and oxygen atoms in total. The van der Waals surface area contributed by atoms with Crippen molar-refractivity contribution in [2.24, 2.45) is 11.7 Å². The maximum atomic E-state index is 12.6. The molecule has 4 unspecified atom stereocenters. The van der Waals surface area contributed by atoms with Crippen molar-refractivity contribution in [2.45, 2.75) is 57.7 Å². The van der Waals surface area contributed by atoms with E-state index in [0.29, 0.717) is 12.1 Å². The summed E-state index contributed by atoms with van der Waals surface area (Å²) in [6, 6.07) is -3.33. The number of carboxylic acid groups (broad SMARTS) is 2. The summed E-state index contributed by atoms with van der Waals surface area (Å²) in [7, 11) is 0. The minimum Gasteiger partial charge on any atom is -0.481 e. The van der Waals surface area contributed by atoms with Crippen LogP contribution in [0.25, 0.3) is 0 Å². The summed E-state index contributed by atoms with van der Waals surface area (Å²) < 4.78 is 0. The lowest BCUT2D eigenvalue weighted by molar-refractivity contribution is -0.142. The molecule has 1 aromatic rings. The Morgan fingerprint density at radius 3 is 2.38 bits per heavy atom. The number of nitrogens with two attached hydrogens (primary N) is 1. The molecule has 1 rings (SSSR count). The third-order valence-corrected chi connectivity index (χ3v) is 4.83. The Labute approximate surface area is 184 Å². The van der Waals surface area contributed by atoms with Gasteiger partial charge in [-0.3, -0.25) is 19.2 Å². The van der Waals surface area contributed by atoms with Crippen molar-refractivity contribution in [1.29, 1.82) is 0 Å². The molecule has 13 heteroatoms. The monoisotopic (exact) mass is 454 g/mol. The molecule has 32 heavy (non-hydrogen) atoms. The number of nitrogens with zero attached hydrogens (tertiary/aromatic N) is 1. The van der Waals surface area contributed by atoms with Crippen molar-refractivity contribution in [3.8, 4) is 0 Å². The highest BCUT2D eigenvalue weighted by Gasteiger charge is 2.29. The second kappa shape index (κ2) is 13.0. The van der Waals surface area contributed by atoms with Crippen LogP contribution < -0.4 is 21.7 Å². The molecular formula is C19H30N6O7. The first-order chi connectivity index (χ1) is 15.0. The van der Waals surface area contributed by atoms with Gasteiger partial charge in [0.2, 0.25) is 17.7 Å². The van der Waals surface area contributed by atoms with Gasteiger partial charge in [-0.2, -0.15) is 0 Å². The molecule has 3 amide bonds. The van der Waals surface area contributed by atoms with Crippen molar-refractivity contribution in [1.82, 2.24) is 25.9 Å². The normalized spacial score (nSPS) is 14.5. The molecule has 4 atom stereocenters. The number of aromatic nitrogens is 2. The lowest BCUT2D eigenvalue weighted by Crippen LogP contribution is -2.55. The largest absolute Gasteiger partial charge is 0.481 e. The number of amides is 3. The van der Waals surface area contributed by atoms with Gasteiger partial charge in [-0.25, -0.2) is 9.78 Å². The molecule has 0 spiro atoms. The van der Waals surface area contributed by atoms with E-state index in [1.165, 1.54) is 12.5 Å². The van der Waals surface area contributed by atoms with Crippen molar-refractivity contribution >= 4 is 29.7 Å². The Balaban J connectivity index is 2.65. The Morgan fingerprint density at radius 2 is 1.84 bits per heavy atom. The highest BCUT2D eigenvalue weighted by molar-refractivity contribution is 5.92. The molecule has 0 aromatic carbocycles. The van der Waals surface area contributed by atoms with Gasteiger partial charge in [-0.05, 0) is 12.3 Å². The Bertz CT molecular complexity index is 798. The van der Waals surface area contributed by atoms with Crippen molar-refractivity contribution in [2.75, 3.05) is 6.54 Å². The van der Waals surface area contributed by atoms with Gasteiger partial charge in [0, 0.05) is 24.7 Å². The molecular weight excluding hydrogens is 424 g/mol. The third-order valence-electron chi connectivity index (χ3n) is 4.83. The number of aliphatic carboxylic acids is 2. The van der Waals surface area contributed by atoms with Crippen LogP contribution in [0.3, 0.4) is 0 Å². The zero-order chi connectivity index (χ0) is 24.3. The maximum absolute atomic E-state index is 12.6. The van der Waals surface area contributed by atoms with Crippen LogP contribution in [0.4, 0.5) is 0 Å². The van der Waals surface area contributed by atoms with Crippen LogP contribution in [0.5, 0.6) is 0 Å². The molecule has 0 fully saturated rings. The minimum absolute atomic E-state index is 0.0190. The van der Waals surface area contributed by atoms with Crippen LogP contribution in [0.2, 0.25) is 0 Å². The van der Waals surface area contributed by atoms with Crippen LogP contribution in [0.1, 0.15) is 38.8 Å². The number of aromatic amines is 1. The molecule has 1 aromatic heterocycles. The molecule has 0 aliphatic carbocycles. The van der Waals surface area contributed by atoms with Crippen molar-refractivity contribution in [3.63, 3.8) is 0 Å². The summed E-state index contributed by atoms with van der Waals surface area (Å²) in [6.07, 6.45) is 2.94. The lowest BCUT2D eigenvalue weighted by Gasteiger charge is -2.25. The average molecular weight is 454 g/mol. The van der Waals surface area contributed by atoms with Crippen LogP contribution in [0.15, 0.2) is 12.5 Å². The van der Waals surface area contributed by atoms with Gasteiger partial charge >= 0.3 is 11.9 Å². The molecule has 0 saturated heterocycles. The Kier molecular flexibility index (Phi) is 10.8. The molecule has 8 N–H and O–H groups in total. The summed E-state index contributed by atoms with van der Waals surface area (Å²) in [5.74, 6) is -4.70. The first kappa shape index (κ1) is 26.6. The Morgan fingerprint density at radius 1 is 1.16 bits per heavy atom. The second-order valence-corrected chi connectivity index (χ2v) is 7.37. The van der Waals surface area contributed by atoms with Crippen LogP contribution in [0, 0.1) is 5.92 Å². The predicted molar refractivity (Wildman–Crippen MR) is 111 cm³/mol. The number of nitrogens with one attached hydrogen (secondary N) is 4. The molecule has 0 aliphatic heterocycles. The fourth-order valence-electron chi connectivity index (χ4n) is 2.71. The standard InChI is InChI=1S/C19H30N6O7/c1-3-10(2)16(25-17(29)12(20)4-5-15(27)28)18(30)22-8-14(26)24-13(19(31)32)6-11-7-21-9-23-11/h7,9-10,12-13,16H,3-6,8,20H2,1-2H3,(H,21,23)(H,22,30)(H,24,26)(H,25,29)(H,27,28)(H,31,32). The van der Waals surface area contributed by atoms with E-state index >= 15 is 0 Å². The first-order valence-electron chi connectivity index (χ1n) is 10.1. The topological polar surface area (TPSA) is 217 Å². The fourth-order valence-corrected chi connectivity index (χ4v) is 2.71. The number of rotatable bonds is 14. The van der Waals surface area contributed by atoms with Gasteiger partial charge < -0.3 is 36.9 Å². The predicted octanol–water partition coefficient (Wildman–Crippen LogP) is -1.64. The van der Waals surface area contributed by atoms with Crippen molar-refractivity contribution < 1.29 is 34.2 Å². The number of H-pyrrole nitrogens is 1. The molecule has 0 bridgehead atoms. The molecule has 0 aliphatic rings. The van der Waals surface area contributed by atoms with E-state index in [0.717, 1.165) is 0 Å². The number of carbonyl (C=O) groups excluding carboxylic acids is 3. The molecule has 1 heterocycles. The fraction of sp³-hybridized carbons (Fsp3) is 0.579. The number of carbonyl (C=O) groups is 5. The highest BCUT2D eigenvalue weighted by atomic mass is 16.4. The number of hydrogen-bond acceptors (Lipinski definition) is 7. The number of imidazole rings is 1. The van der Waals surface area contributed by atoms with Gasteiger partial charge in [-0.15, -0.1) is 0 Å². The van der Waals surface area contributed by atoms with Gasteiger partial charge in [-0.1, -0.05) is 20.3 Å². The van der Waals surface area contributed by atoms with E-state index in [4.69, 9.17) is 10.8 Å². The first-order valence-corrected chi connectivity index (χ1v) is 10.1. The Hall–Kier alpha value is -3.48. The molecule has 0 radical (unpaired) electrons. The van der Waals surface area contributed by atoms with Gasteiger partial charge in [0.25, 0.3) is 0 Å². The summed E-state index contributed by atoms with van der Waals surface area (Å²) in [6.45, 7) is 3.03. The zero-order valence-corrected chi connectivity index (χ0v) is 18.0. The van der Waals surface area contributed by atoms with E-state index in [1.54, 1.807) is 13.8 Å². The summed E-state index contributed by atoms with van der Waals surface area (Å²) in [5, 5.41) is 25.2. The molecule has 0 saturated carbocycles. The highest BCUT2D eigenvalue weighted by Crippen LogP contribution is 2.09. The summed E-state index contributed by atoms with van der Waals surface area (Å²) >= 11 is 0. The summed E-state index contributed by atoms with van der Waals surface area (Å²) in [4.78, 5) is 65.5. The lowest BCUT2D eigenvalue weighted by atomic mass is 9.97. The van der Waals surface area contributed by atoms with Gasteiger partial charge in [0.1, 0.15) is 12.1 Å². The maximum Gasteiger partial charge on any atom is 0.326 e. The quantitative estimate of drug-likeness (QED) is 0.171. The van der Waals surface area contributed by atoms with Gasteiger partial charge in [0.15, 0.2) is 0 Å². The van der Waals surface area contributed by atoms with E-state index in [9.17, 15) is 29.1 Å². The second-order valence-electron chi connectivity index (χ2n) is 7.37. The zero-order valence-electron chi connectivity index (χ0n) is 18.0. The van der Waals surface area contributed by atoms with Crippen LogP contribution >= 0.6 is 0 Å². The minimum atomic E-state index is -1.25. The van der Waals surface area contributed by atoms with Crippen LogP contribution in [-0.2, 0) is 30.4 Å². The van der Waals surface area contributed by atoms with Crippen molar-refractivity contribution in [3.05, 3.63) is 18.2 Å².